The Bertz CT molecular complexity index is 1410. The Morgan fingerprint density at radius 1 is 0.943 bits per heavy atom. The smallest absolute Gasteiger partial charge is 0.257 e. The molecular formula is C27H26N6OS. The molecule has 4 heterocycles. The van der Waals surface area contributed by atoms with E-state index in [2.05, 4.69) is 22.0 Å². The van der Waals surface area contributed by atoms with Gasteiger partial charge < -0.3 is 14.8 Å². The summed E-state index contributed by atoms with van der Waals surface area (Å²) in [6.45, 7) is 3.58. The number of carbonyl (C=O) groups excluding carboxylic acids is 1. The molecule has 0 atom stereocenters. The second-order valence-corrected chi connectivity index (χ2v) is 9.71. The van der Waals surface area contributed by atoms with Gasteiger partial charge in [-0.3, -0.25) is 9.48 Å². The van der Waals surface area contributed by atoms with Gasteiger partial charge in [-0.15, -0.1) is 11.3 Å². The summed E-state index contributed by atoms with van der Waals surface area (Å²) in [6, 6.07) is 22.3. The molecule has 0 spiro atoms. The number of thiophene rings is 1. The average Bonchev–Trinajstić information content (AvgIpc) is 3.61. The van der Waals surface area contributed by atoms with Crippen LogP contribution in [-0.4, -0.2) is 56.7 Å². The number of anilines is 1. The summed E-state index contributed by atoms with van der Waals surface area (Å²) in [7, 11) is 0. The normalized spacial score (nSPS) is 14.4. The van der Waals surface area contributed by atoms with Crippen LogP contribution in [0.1, 0.15) is 22.3 Å². The number of aromatic nitrogens is 4. The lowest BCUT2D eigenvalue weighted by atomic mass is 10.2. The molecule has 1 N–H and O–H groups in total. The molecule has 2 aromatic carbocycles. The Morgan fingerprint density at radius 3 is 2.63 bits per heavy atom. The number of nitrogens with zero attached hydrogens (tertiary/aromatic N) is 5. The number of fused-ring (bicyclic) bond motifs is 1. The van der Waals surface area contributed by atoms with Gasteiger partial charge in [0, 0.05) is 32.4 Å². The topological polar surface area (TPSA) is 70.1 Å². The Kier molecular flexibility index (Phi) is 5.79. The van der Waals surface area contributed by atoms with E-state index in [1.807, 2.05) is 75.8 Å². The number of benzene rings is 2. The van der Waals surface area contributed by atoms with Crippen LogP contribution in [0.3, 0.4) is 0 Å². The molecule has 176 valence electrons. The molecule has 0 unspecified atom stereocenters. The molecule has 5 aromatic rings. The van der Waals surface area contributed by atoms with Crippen molar-refractivity contribution >= 4 is 34.2 Å². The Balaban J connectivity index is 1.23. The highest BCUT2D eigenvalue weighted by atomic mass is 32.1. The van der Waals surface area contributed by atoms with Gasteiger partial charge >= 0.3 is 0 Å². The number of para-hydroxylation sites is 2. The van der Waals surface area contributed by atoms with E-state index in [4.69, 9.17) is 10.1 Å². The number of imidazole rings is 1. The van der Waals surface area contributed by atoms with Crippen LogP contribution in [-0.2, 0) is 6.54 Å². The molecule has 0 saturated carbocycles. The van der Waals surface area contributed by atoms with Crippen LogP contribution in [0.2, 0.25) is 0 Å². The first-order valence-corrected chi connectivity index (χ1v) is 12.8. The Morgan fingerprint density at radius 2 is 1.80 bits per heavy atom. The molecule has 6 rings (SSSR count). The predicted octanol–water partition coefficient (Wildman–Crippen LogP) is 4.89. The fourth-order valence-electron chi connectivity index (χ4n) is 4.62. The second-order valence-electron chi connectivity index (χ2n) is 8.76. The first-order valence-electron chi connectivity index (χ1n) is 11.9. The van der Waals surface area contributed by atoms with E-state index < -0.39 is 0 Å². The van der Waals surface area contributed by atoms with E-state index in [-0.39, 0.29) is 5.91 Å². The highest BCUT2D eigenvalue weighted by molar-refractivity contribution is 7.13. The number of nitrogens with one attached hydrogen (secondary N) is 1. The van der Waals surface area contributed by atoms with Crippen molar-refractivity contribution < 1.29 is 4.79 Å². The van der Waals surface area contributed by atoms with Crippen LogP contribution in [0.4, 0.5) is 5.95 Å². The zero-order valence-corrected chi connectivity index (χ0v) is 20.1. The van der Waals surface area contributed by atoms with Gasteiger partial charge in [0.15, 0.2) is 0 Å². The van der Waals surface area contributed by atoms with Gasteiger partial charge in [0.1, 0.15) is 5.69 Å². The molecular weight excluding hydrogens is 456 g/mol. The predicted molar refractivity (Wildman–Crippen MR) is 140 cm³/mol. The minimum absolute atomic E-state index is 0.0409. The van der Waals surface area contributed by atoms with Crippen molar-refractivity contribution in [3.05, 3.63) is 89.4 Å². The summed E-state index contributed by atoms with van der Waals surface area (Å²) < 4.78 is 1.89. The van der Waals surface area contributed by atoms with Gasteiger partial charge in [-0.2, -0.15) is 5.10 Å². The second kappa shape index (κ2) is 9.38. The van der Waals surface area contributed by atoms with E-state index in [1.54, 1.807) is 11.3 Å². The summed E-state index contributed by atoms with van der Waals surface area (Å²) in [5, 5.41) is 6.85. The molecule has 0 radical (unpaired) electrons. The molecule has 1 amide bonds. The average molecular weight is 483 g/mol. The van der Waals surface area contributed by atoms with E-state index in [0.29, 0.717) is 25.2 Å². The van der Waals surface area contributed by atoms with Gasteiger partial charge in [-0.05, 0) is 35.6 Å². The fraction of sp³-hybridized carbons (Fsp3) is 0.222. The SMILES string of the molecule is O=C(c1cn(Cc2ccccc2)nc1-c1cccs1)N1CCCN(c2nc3ccccc3[nH]2)CC1. The lowest BCUT2D eigenvalue weighted by Crippen LogP contribution is -2.35. The summed E-state index contributed by atoms with van der Waals surface area (Å²) in [5.41, 5.74) is 4.58. The lowest BCUT2D eigenvalue weighted by Gasteiger charge is -2.21. The largest absolute Gasteiger partial charge is 0.341 e. The number of amides is 1. The molecule has 0 bridgehead atoms. The van der Waals surface area contributed by atoms with E-state index in [0.717, 1.165) is 52.6 Å². The Hall–Kier alpha value is -3.91. The van der Waals surface area contributed by atoms with Gasteiger partial charge in [0.2, 0.25) is 5.95 Å². The summed E-state index contributed by atoms with van der Waals surface area (Å²) in [5.74, 6) is 0.912. The molecule has 0 aliphatic carbocycles. The minimum atomic E-state index is 0.0409. The van der Waals surface area contributed by atoms with E-state index in [9.17, 15) is 4.79 Å². The van der Waals surface area contributed by atoms with Crippen molar-refractivity contribution in [3.63, 3.8) is 0 Å². The monoisotopic (exact) mass is 482 g/mol. The minimum Gasteiger partial charge on any atom is -0.341 e. The third kappa shape index (κ3) is 4.44. The zero-order chi connectivity index (χ0) is 23.6. The molecule has 35 heavy (non-hydrogen) atoms. The van der Waals surface area contributed by atoms with Crippen molar-refractivity contribution in [3.8, 4) is 10.6 Å². The molecule has 1 saturated heterocycles. The van der Waals surface area contributed by atoms with Gasteiger partial charge in [-0.1, -0.05) is 48.5 Å². The summed E-state index contributed by atoms with van der Waals surface area (Å²) in [6.07, 6.45) is 2.79. The van der Waals surface area contributed by atoms with Crippen LogP contribution in [0.5, 0.6) is 0 Å². The van der Waals surface area contributed by atoms with Gasteiger partial charge in [0.05, 0.1) is 28.0 Å². The van der Waals surface area contributed by atoms with E-state index >= 15 is 0 Å². The third-order valence-corrected chi connectivity index (χ3v) is 7.27. The number of hydrogen-bond donors (Lipinski definition) is 1. The maximum Gasteiger partial charge on any atom is 0.257 e. The van der Waals surface area contributed by atoms with Crippen LogP contribution in [0.15, 0.2) is 78.3 Å². The van der Waals surface area contributed by atoms with Crippen molar-refractivity contribution in [2.24, 2.45) is 0 Å². The van der Waals surface area contributed by atoms with Gasteiger partial charge in [-0.25, -0.2) is 4.98 Å². The molecule has 1 aliphatic heterocycles. The first kappa shape index (κ1) is 21.6. The standard InChI is InChI=1S/C27H26N6OS/c34-26(31-13-7-14-32(16-15-31)27-28-22-10-4-5-11-23(22)29-27)21-19-33(18-20-8-2-1-3-9-20)30-25(21)24-12-6-17-35-24/h1-6,8-12,17,19H,7,13-16,18H2,(H,28,29). The molecule has 1 aliphatic rings. The number of H-pyrrole nitrogens is 1. The Labute approximate surface area is 207 Å². The summed E-state index contributed by atoms with van der Waals surface area (Å²) >= 11 is 1.61. The molecule has 8 heteroatoms. The highest BCUT2D eigenvalue weighted by Crippen LogP contribution is 2.28. The van der Waals surface area contributed by atoms with Crippen LogP contribution in [0.25, 0.3) is 21.6 Å². The quantitative estimate of drug-likeness (QED) is 0.387. The zero-order valence-electron chi connectivity index (χ0n) is 19.3. The number of aromatic amines is 1. The maximum absolute atomic E-state index is 13.8. The lowest BCUT2D eigenvalue weighted by molar-refractivity contribution is 0.0767. The third-order valence-electron chi connectivity index (χ3n) is 6.39. The number of rotatable bonds is 5. The summed E-state index contributed by atoms with van der Waals surface area (Å²) in [4.78, 5) is 27.1. The van der Waals surface area contributed by atoms with Crippen molar-refractivity contribution in [2.75, 3.05) is 31.1 Å². The number of hydrogen-bond acceptors (Lipinski definition) is 5. The van der Waals surface area contributed by atoms with Crippen molar-refractivity contribution in [1.29, 1.82) is 0 Å². The molecule has 7 nitrogen and oxygen atoms in total. The fourth-order valence-corrected chi connectivity index (χ4v) is 5.34. The van der Waals surface area contributed by atoms with Crippen LogP contribution >= 0.6 is 11.3 Å². The van der Waals surface area contributed by atoms with E-state index in [1.165, 1.54) is 0 Å². The first-order chi connectivity index (χ1) is 17.2. The maximum atomic E-state index is 13.8. The number of carbonyl (C=O) groups is 1. The van der Waals surface area contributed by atoms with Crippen molar-refractivity contribution in [1.82, 2.24) is 24.6 Å². The van der Waals surface area contributed by atoms with Gasteiger partial charge in [0.25, 0.3) is 5.91 Å². The highest BCUT2D eigenvalue weighted by Gasteiger charge is 2.26. The van der Waals surface area contributed by atoms with Crippen LogP contribution < -0.4 is 4.90 Å². The van der Waals surface area contributed by atoms with Crippen LogP contribution in [0, 0.1) is 0 Å². The molecule has 1 fully saturated rings. The molecule has 3 aromatic heterocycles. The van der Waals surface area contributed by atoms with Crippen molar-refractivity contribution in [2.45, 2.75) is 13.0 Å².